The molecule has 3 heteroatoms. The van der Waals surface area contributed by atoms with E-state index < -0.39 is 12.0 Å². The number of primary amides is 1. The van der Waals surface area contributed by atoms with Gasteiger partial charge in [-0.25, -0.2) is 0 Å². The second-order valence-corrected chi connectivity index (χ2v) is 4.72. The lowest BCUT2D eigenvalue weighted by molar-refractivity contribution is -0.124. The fraction of sp³-hybridized carbons (Fsp3) is 0.235. The smallest absolute Gasteiger partial charge is 0.258 e. The molecule has 0 radical (unpaired) electrons. The van der Waals surface area contributed by atoms with Gasteiger partial charge in [0, 0.05) is 0 Å². The highest BCUT2D eigenvalue weighted by molar-refractivity contribution is 5.79. The van der Waals surface area contributed by atoms with Crippen LogP contribution < -0.4 is 10.5 Å². The second kappa shape index (κ2) is 6.75. The quantitative estimate of drug-likeness (QED) is 0.876. The number of hydrogen-bond acceptors (Lipinski definition) is 2. The molecule has 0 heterocycles. The summed E-state index contributed by atoms with van der Waals surface area (Å²) in [5, 5.41) is 0. The minimum absolute atomic E-state index is 0.430. The molecule has 2 N–H and O–H groups in total. The van der Waals surface area contributed by atoms with Crippen LogP contribution in [0.2, 0.25) is 0 Å². The van der Waals surface area contributed by atoms with E-state index in [-0.39, 0.29) is 0 Å². The molecule has 3 nitrogen and oxygen atoms in total. The number of rotatable bonds is 6. The normalized spacial score (nSPS) is 11.8. The first kappa shape index (κ1) is 14.1. The van der Waals surface area contributed by atoms with Crippen molar-refractivity contribution in [2.24, 2.45) is 5.73 Å². The summed E-state index contributed by atoms with van der Waals surface area (Å²) in [4.78, 5) is 11.1. The van der Waals surface area contributed by atoms with Gasteiger partial charge in [-0.15, -0.1) is 0 Å². The highest BCUT2D eigenvalue weighted by Gasteiger charge is 2.14. The third-order valence-electron chi connectivity index (χ3n) is 3.14. The van der Waals surface area contributed by atoms with Gasteiger partial charge in [-0.05, 0) is 36.1 Å². The Bertz CT molecular complexity index is 549. The summed E-state index contributed by atoms with van der Waals surface area (Å²) in [5.74, 6) is 0.244. The number of benzene rings is 2. The van der Waals surface area contributed by atoms with Crippen molar-refractivity contribution in [2.75, 3.05) is 0 Å². The van der Waals surface area contributed by atoms with Crippen LogP contribution >= 0.6 is 0 Å². The molecule has 2 aromatic rings. The summed E-state index contributed by atoms with van der Waals surface area (Å²) < 4.78 is 5.56. The number of ether oxygens (including phenoxy) is 1. The van der Waals surface area contributed by atoms with E-state index >= 15 is 0 Å². The minimum Gasteiger partial charge on any atom is -0.481 e. The lowest BCUT2D eigenvalue weighted by atomic mass is 10.1. The molecule has 0 fully saturated rings. The van der Waals surface area contributed by atoms with E-state index in [1.807, 2.05) is 49.4 Å². The average Bonchev–Trinajstić information content (AvgIpc) is 2.47. The molecule has 0 saturated heterocycles. The molecule has 0 aliphatic rings. The summed E-state index contributed by atoms with van der Waals surface area (Å²) in [6, 6.07) is 18.1. The zero-order chi connectivity index (χ0) is 14.4. The van der Waals surface area contributed by atoms with Crippen LogP contribution in [0, 0.1) is 0 Å². The maximum atomic E-state index is 11.1. The van der Waals surface area contributed by atoms with Crippen LogP contribution in [0.3, 0.4) is 0 Å². The maximum absolute atomic E-state index is 11.1. The maximum Gasteiger partial charge on any atom is 0.258 e. The zero-order valence-electron chi connectivity index (χ0n) is 11.6. The number of carbonyl (C=O) groups is 1. The van der Waals surface area contributed by atoms with Crippen molar-refractivity contribution in [3.63, 3.8) is 0 Å². The van der Waals surface area contributed by atoms with E-state index in [0.717, 1.165) is 6.42 Å². The molecule has 1 atom stereocenters. The number of carbonyl (C=O) groups excluding carboxylic acids is 1. The van der Waals surface area contributed by atoms with Crippen molar-refractivity contribution in [2.45, 2.75) is 25.9 Å². The Morgan fingerprint density at radius 3 is 2.20 bits per heavy atom. The van der Waals surface area contributed by atoms with Gasteiger partial charge in [0.1, 0.15) is 5.75 Å². The Morgan fingerprint density at radius 2 is 1.65 bits per heavy atom. The first-order valence-corrected chi connectivity index (χ1v) is 6.78. The fourth-order valence-electron chi connectivity index (χ4n) is 2.02. The van der Waals surface area contributed by atoms with Gasteiger partial charge < -0.3 is 10.5 Å². The van der Waals surface area contributed by atoms with Gasteiger partial charge in [0.25, 0.3) is 5.91 Å². The molecule has 2 rings (SSSR count). The molecule has 2 aromatic carbocycles. The van der Waals surface area contributed by atoms with Crippen molar-refractivity contribution >= 4 is 5.91 Å². The predicted molar refractivity (Wildman–Crippen MR) is 79.6 cm³/mol. The second-order valence-electron chi connectivity index (χ2n) is 4.72. The molecule has 0 aromatic heterocycles. The Kier molecular flexibility index (Phi) is 4.77. The molecule has 0 spiro atoms. The SMILES string of the molecule is CCC(Oc1ccc(Cc2ccccc2)cc1)C(N)=O. The van der Waals surface area contributed by atoms with E-state index in [1.54, 1.807) is 0 Å². The molecule has 20 heavy (non-hydrogen) atoms. The fourth-order valence-corrected chi connectivity index (χ4v) is 2.02. The number of nitrogens with two attached hydrogens (primary N) is 1. The van der Waals surface area contributed by atoms with Gasteiger partial charge >= 0.3 is 0 Å². The van der Waals surface area contributed by atoms with Gasteiger partial charge in [-0.1, -0.05) is 49.4 Å². The first-order valence-electron chi connectivity index (χ1n) is 6.78. The summed E-state index contributed by atoms with van der Waals surface area (Å²) in [6.07, 6.45) is 0.893. The molecule has 0 saturated carbocycles. The van der Waals surface area contributed by atoms with E-state index in [0.29, 0.717) is 12.2 Å². The molecule has 0 aliphatic carbocycles. The van der Waals surface area contributed by atoms with Crippen molar-refractivity contribution in [3.05, 3.63) is 65.7 Å². The van der Waals surface area contributed by atoms with Gasteiger partial charge in [0.2, 0.25) is 0 Å². The molecule has 1 amide bonds. The zero-order valence-corrected chi connectivity index (χ0v) is 11.6. The van der Waals surface area contributed by atoms with Crippen molar-refractivity contribution in [1.29, 1.82) is 0 Å². The highest BCUT2D eigenvalue weighted by atomic mass is 16.5. The van der Waals surface area contributed by atoms with Crippen LogP contribution in [0.5, 0.6) is 5.75 Å². The summed E-state index contributed by atoms with van der Waals surface area (Å²) in [7, 11) is 0. The van der Waals surface area contributed by atoms with Crippen molar-refractivity contribution < 1.29 is 9.53 Å². The Morgan fingerprint density at radius 1 is 1.05 bits per heavy atom. The van der Waals surface area contributed by atoms with Crippen LogP contribution in [0.15, 0.2) is 54.6 Å². The first-order chi connectivity index (χ1) is 9.69. The highest BCUT2D eigenvalue weighted by Crippen LogP contribution is 2.17. The monoisotopic (exact) mass is 269 g/mol. The van der Waals surface area contributed by atoms with Crippen LogP contribution in [-0.4, -0.2) is 12.0 Å². The topological polar surface area (TPSA) is 52.3 Å². The van der Waals surface area contributed by atoms with Crippen LogP contribution in [-0.2, 0) is 11.2 Å². The summed E-state index contributed by atoms with van der Waals surface area (Å²) in [6.45, 7) is 1.87. The van der Waals surface area contributed by atoms with E-state index in [1.165, 1.54) is 11.1 Å². The Hall–Kier alpha value is -2.29. The van der Waals surface area contributed by atoms with E-state index in [4.69, 9.17) is 10.5 Å². The molecular weight excluding hydrogens is 250 g/mol. The molecule has 104 valence electrons. The van der Waals surface area contributed by atoms with Crippen LogP contribution in [0.25, 0.3) is 0 Å². The van der Waals surface area contributed by atoms with Crippen LogP contribution in [0.1, 0.15) is 24.5 Å². The third-order valence-corrected chi connectivity index (χ3v) is 3.14. The van der Waals surface area contributed by atoms with Gasteiger partial charge in [-0.2, -0.15) is 0 Å². The van der Waals surface area contributed by atoms with Gasteiger partial charge in [-0.3, -0.25) is 4.79 Å². The lowest BCUT2D eigenvalue weighted by Crippen LogP contribution is -2.32. The van der Waals surface area contributed by atoms with Crippen LogP contribution in [0.4, 0.5) is 0 Å². The average molecular weight is 269 g/mol. The molecule has 0 bridgehead atoms. The number of hydrogen-bond donors (Lipinski definition) is 1. The van der Waals surface area contributed by atoms with E-state index in [2.05, 4.69) is 12.1 Å². The molecular formula is C17H19NO2. The Labute approximate surface area is 119 Å². The lowest BCUT2D eigenvalue weighted by Gasteiger charge is -2.14. The Balaban J connectivity index is 2.01. The third kappa shape index (κ3) is 3.85. The van der Waals surface area contributed by atoms with Crippen molar-refractivity contribution in [1.82, 2.24) is 0 Å². The van der Waals surface area contributed by atoms with E-state index in [9.17, 15) is 4.79 Å². The van der Waals surface area contributed by atoms with Gasteiger partial charge in [0.05, 0.1) is 0 Å². The largest absolute Gasteiger partial charge is 0.481 e. The standard InChI is InChI=1S/C17H19NO2/c1-2-16(17(18)19)20-15-10-8-14(9-11-15)12-13-6-4-3-5-7-13/h3-11,16H,2,12H2,1H3,(H2,18,19). The molecule has 1 unspecified atom stereocenters. The van der Waals surface area contributed by atoms with Crippen molar-refractivity contribution in [3.8, 4) is 5.75 Å². The minimum atomic E-state index is -0.560. The summed E-state index contributed by atoms with van der Waals surface area (Å²) >= 11 is 0. The van der Waals surface area contributed by atoms with Gasteiger partial charge in [0.15, 0.2) is 6.10 Å². The predicted octanol–water partition coefficient (Wildman–Crippen LogP) is 2.92. The summed E-state index contributed by atoms with van der Waals surface area (Å²) in [5.41, 5.74) is 7.74. The number of amides is 1. The molecule has 0 aliphatic heterocycles.